The molecular weight excluding hydrogens is 246 g/mol. The molecule has 1 rings (SSSR count). The summed E-state index contributed by atoms with van der Waals surface area (Å²) in [6.45, 7) is 2.51. The molecule has 0 aromatic heterocycles. The summed E-state index contributed by atoms with van der Waals surface area (Å²) in [5, 5.41) is 2.74. The lowest BCUT2D eigenvalue weighted by Crippen LogP contribution is -2.45. The molecule has 110 valence electrons. The van der Waals surface area contributed by atoms with Crippen LogP contribution in [0, 0.1) is 5.92 Å². The summed E-state index contributed by atoms with van der Waals surface area (Å²) in [6.07, 6.45) is 5.90. The van der Waals surface area contributed by atoms with Crippen molar-refractivity contribution in [1.29, 1.82) is 0 Å². The number of unbranched alkanes of at least 4 members (excludes halogenated alkanes) is 1. The average molecular weight is 271 g/mol. The number of rotatable bonds is 8. The Labute approximate surface area is 115 Å². The van der Waals surface area contributed by atoms with E-state index in [1.807, 2.05) is 0 Å². The van der Waals surface area contributed by atoms with Crippen LogP contribution in [-0.2, 0) is 19.1 Å². The van der Waals surface area contributed by atoms with E-state index in [4.69, 9.17) is 9.47 Å². The Morgan fingerprint density at radius 2 is 1.84 bits per heavy atom. The molecule has 0 saturated heterocycles. The van der Waals surface area contributed by atoms with Gasteiger partial charge in [0.15, 0.2) is 0 Å². The van der Waals surface area contributed by atoms with Gasteiger partial charge in [-0.15, -0.1) is 0 Å². The van der Waals surface area contributed by atoms with Gasteiger partial charge < -0.3 is 14.8 Å². The van der Waals surface area contributed by atoms with Crippen molar-refractivity contribution in [3.8, 4) is 0 Å². The molecule has 0 spiro atoms. The number of carbonyl (C=O) groups is 2. The van der Waals surface area contributed by atoms with Crippen LogP contribution in [-0.4, -0.2) is 38.2 Å². The summed E-state index contributed by atoms with van der Waals surface area (Å²) in [5.74, 6) is -0.233. The largest absolute Gasteiger partial charge is 0.464 e. The fraction of sp³-hybridized carbons (Fsp3) is 0.857. The lowest BCUT2D eigenvalue weighted by atomic mass is 9.98. The first-order valence-electron chi connectivity index (χ1n) is 7.08. The molecule has 1 fully saturated rings. The Balaban J connectivity index is 2.35. The van der Waals surface area contributed by atoms with E-state index < -0.39 is 6.04 Å². The van der Waals surface area contributed by atoms with Crippen molar-refractivity contribution < 1.29 is 19.1 Å². The highest BCUT2D eigenvalue weighted by molar-refractivity contribution is 5.83. The molecule has 0 heterocycles. The van der Waals surface area contributed by atoms with Crippen LogP contribution in [0.4, 0.5) is 0 Å². The molecule has 0 radical (unpaired) electrons. The van der Waals surface area contributed by atoms with Crippen LogP contribution in [0.15, 0.2) is 0 Å². The second-order valence-electron chi connectivity index (χ2n) is 5.09. The van der Waals surface area contributed by atoms with E-state index in [0.29, 0.717) is 13.2 Å². The Hall–Kier alpha value is -1.10. The molecule has 5 nitrogen and oxygen atoms in total. The van der Waals surface area contributed by atoms with E-state index in [1.165, 1.54) is 6.92 Å². The van der Waals surface area contributed by atoms with E-state index in [1.54, 1.807) is 7.11 Å². The van der Waals surface area contributed by atoms with Gasteiger partial charge >= 0.3 is 5.97 Å². The topological polar surface area (TPSA) is 64.6 Å². The Morgan fingerprint density at radius 1 is 1.21 bits per heavy atom. The van der Waals surface area contributed by atoms with E-state index in [-0.39, 0.29) is 17.8 Å². The molecular formula is C14H25NO4. The fourth-order valence-corrected chi connectivity index (χ4v) is 2.49. The Bertz CT molecular complexity index is 287. The summed E-state index contributed by atoms with van der Waals surface area (Å²) < 4.78 is 10.2. The van der Waals surface area contributed by atoms with Gasteiger partial charge in [-0.25, -0.2) is 4.79 Å². The van der Waals surface area contributed by atoms with Crippen molar-refractivity contribution in [3.05, 3.63) is 0 Å². The van der Waals surface area contributed by atoms with Gasteiger partial charge in [-0.2, -0.15) is 0 Å². The molecule has 0 aromatic carbocycles. The summed E-state index contributed by atoms with van der Waals surface area (Å²) >= 11 is 0. The van der Waals surface area contributed by atoms with Gasteiger partial charge in [0.1, 0.15) is 6.04 Å². The molecule has 1 unspecified atom stereocenters. The van der Waals surface area contributed by atoms with E-state index in [9.17, 15) is 9.59 Å². The molecule has 1 saturated carbocycles. The van der Waals surface area contributed by atoms with Gasteiger partial charge in [-0.3, -0.25) is 4.79 Å². The first-order chi connectivity index (χ1) is 9.15. The minimum Gasteiger partial charge on any atom is -0.464 e. The molecule has 19 heavy (non-hydrogen) atoms. The first kappa shape index (κ1) is 16.0. The van der Waals surface area contributed by atoms with Crippen molar-refractivity contribution in [3.63, 3.8) is 0 Å². The lowest BCUT2D eigenvalue weighted by molar-refractivity contribution is -0.149. The number of nitrogens with one attached hydrogen (secondary N) is 1. The minimum absolute atomic E-state index is 0.173. The van der Waals surface area contributed by atoms with Crippen molar-refractivity contribution in [2.45, 2.75) is 51.5 Å². The van der Waals surface area contributed by atoms with Gasteiger partial charge in [0, 0.05) is 20.6 Å². The number of amides is 1. The second-order valence-corrected chi connectivity index (χ2v) is 5.09. The number of esters is 1. The monoisotopic (exact) mass is 271 g/mol. The smallest absolute Gasteiger partial charge is 0.328 e. The molecule has 1 atom stereocenters. The number of carbonyl (C=O) groups excluding carboxylic acids is 2. The van der Waals surface area contributed by atoms with Crippen LogP contribution >= 0.6 is 0 Å². The van der Waals surface area contributed by atoms with Crippen LogP contribution in [0.1, 0.15) is 45.4 Å². The van der Waals surface area contributed by atoms with Gasteiger partial charge in [-0.05, 0) is 31.6 Å². The van der Waals surface area contributed by atoms with Gasteiger partial charge in [0.2, 0.25) is 5.91 Å². The fourth-order valence-electron chi connectivity index (χ4n) is 2.49. The normalized spacial score (nSPS) is 17.2. The van der Waals surface area contributed by atoms with Crippen molar-refractivity contribution >= 4 is 11.9 Å². The molecule has 1 aliphatic rings. The van der Waals surface area contributed by atoms with Gasteiger partial charge in [-0.1, -0.05) is 12.8 Å². The highest BCUT2D eigenvalue weighted by Crippen LogP contribution is 2.28. The summed E-state index contributed by atoms with van der Waals surface area (Å²) in [4.78, 5) is 23.2. The van der Waals surface area contributed by atoms with E-state index in [2.05, 4.69) is 5.32 Å². The molecule has 5 heteroatoms. The Morgan fingerprint density at radius 3 is 2.42 bits per heavy atom. The van der Waals surface area contributed by atoms with Crippen LogP contribution in [0.25, 0.3) is 0 Å². The van der Waals surface area contributed by atoms with Crippen LogP contribution in [0.5, 0.6) is 0 Å². The zero-order valence-corrected chi connectivity index (χ0v) is 11.9. The lowest BCUT2D eigenvalue weighted by Gasteiger charge is -2.22. The van der Waals surface area contributed by atoms with E-state index >= 15 is 0 Å². The van der Waals surface area contributed by atoms with Crippen molar-refractivity contribution in [2.75, 3.05) is 20.3 Å². The number of ether oxygens (including phenoxy) is 2. The molecule has 0 bridgehead atoms. The van der Waals surface area contributed by atoms with Crippen LogP contribution in [0.3, 0.4) is 0 Å². The molecule has 1 aliphatic carbocycles. The van der Waals surface area contributed by atoms with Gasteiger partial charge in [0.05, 0.1) is 6.61 Å². The SMILES string of the molecule is COCCCCOC(=O)C(NC(C)=O)C1CCCC1. The predicted octanol–water partition coefficient (Wildman–Crippen LogP) is 1.65. The Kier molecular flexibility index (Phi) is 7.48. The van der Waals surface area contributed by atoms with E-state index in [0.717, 1.165) is 38.5 Å². The molecule has 0 aliphatic heterocycles. The number of methoxy groups -OCH3 is 1. The third-order valence-corrected chi connectivity index (χ3v) is 3.47. The number of hydrogen-bond acceptors (Lipinski definition) is 4. The zero-order valence-electron chi connectivity index (χ0n) is 11.9. The minimum atomic E-state index is -0.470. The summed E-state index contributed by atoms with van der Waals surface area (Å²) in [5.41, 5.74) is 0. The van der Waals surface area contributed by atoms with Crippen LogP contribution < -0.4 is 5.32 Å². The average Bonchev–Trinajstić information content (AvgIpc) is 2.89. The highest BCUT2D eigenvalue weighted by Gasteiger charge is 2.32. The second kappa shape index (κ2) is 8.91. The van der Waals surface area contributed by atoms with Crippen LogP contribution in [0.2, 0.25) is 0 Å². The maximum Gasteiger partial charge on any atom is 0.328 e. The summed E-state index contributed by atoms with van der Waals surface area (Å²) in [7, 11) is 1.65. The third-order valence-electron chi connectivity index (χ3n) is 3.47. The highest BCUT2D eigenvalue weighted by atomic mass is 16.5. The molecule has 1 N–H and O–H groups in total. The third kappa shape index (κ3) is 6.05. The maximum absolute atomic E-state index is 12.0. The number of hydrogen-bond donors (Lipinski definition) is 1. The quantitative estimate of drug-likeness (QED) is 0.538. The standard InChI is InChI=1S/C14H25NO4/c1-11(16)15-13(12-7-3-4-8-12)14(17)19-10-6-5-9-18-2/h12-13H,3-10H2,1-2H3,(H,15,16). The molecule has 0 aromatic rings. The predicted molar refractivity (Wildman–Crippen MR) is 71.6 cm³/mol. The summed E-state index contributed by atoms with van der Waals surface area (Å²) in [6, 6.07) is -0.470. The maximum atomic E-state index is 12.0. The zero-order chi connectivity index (χ0) is 14.1. The van der Waals surface area contributed by atoms with Gasteiger partial charge in [0.25, 0.3) is 0 Å². The van der Waals surface area contributed by atoms with Crippen molar-refractivity contribution in [1.82, 2.24) is 5.32 Å². The van der Waals surface area contributed by atoms with Crippen molar-refractivity contribution in [2.24, 2.45) is 5.92 Å². The first-order valence-corrected chi connectivity index (χ1v) is 7.08. The molecule has 1 amide bonds.